The van der Waals surface area contributed by atoms with Crippen molar-refractivity contribution in [2.75, 3.05) is 40.3 Å². The van der Waals surface area contributed by atoms with Crippen LogP contribution in [0.5, 0.6) is 0 Å². The van der Waals surface area contributed by atoms with Crippen LogP contribution in [-0.4, -0.2) is 72.8 Å². The van der Waals surface area contributed by atoms with E-state index in [0.717, 1.165) is 44.5 Å². The molecule has 2 fully saturated rings. The summed E-state index contributed by atoms with van der Waals surface area (Å²) >= 11 is 0. The molecule has 0 aromatic heterocycles. The Hall–Kier alpha value is -1.88. The average Bonchev–Trinajstić information content (AvgIpc) is 2.89. The van der Waals surface area contributed by atoms with Gasteiger partial charge in [-0.3, -0.25) is 14.5 Å². The SMILES string of the molecule is CCN1CC[C@@]2(C(=O)N(C)C)CCN(C(=O)Cc3ccccc3)CC[C@@H]12. The molecule has 0 bridgehead atoms. The van der Waals surface area contributed by atoms with Crippen molar-refractivity contribution < 1.29 is 9.59 Å². The normalized spacial score (nSPS) is 26.3. The summed E-state index contributed by atoms with van der Waals surface area (Å²) in [6, 6.07) is 10.2. The maximum absolute atomic E-state index is 13.1. The first-order valence-corrected chi connectivity index (χ1v) is 9.75. The molecule has 5 heteroatoms. The second-order valence-electron chi connectivity index (χ2n) is 7.83. The van der Waals surface area contributed by atoms with E-state index in [1.54, 1.807) is 4.90 Å². The molecule has 0 unspecified atom stereocenters. The number of likely N-dealkylation sites (tertiary alicyclic amines) is 2. The van der Waals surface area contributed by atoms with E-state index in [2.05, 4.69) is 11.8 Å². The Morgan fingerprint density at radius 2 is 1.81 bits per heavy atom. The summed E-state index contributed by atoms with van der Waals surface area (Å²) in [6.45, 7) is 5.54. The standard InChI is InChI=1S/C21H31N3O2/c1-4-23-14-11-21(20(26)22(2)3)12-15-24(13-10-18(21)23)19(25)16-17-8-6-5-7-9-17/h5-9,18H,4,10-16H2,1-3H3/t18-,21-/m1/s1. The number of fused-ring (bicyclic) bond motifs is 1. The van der Waals surface area contributed by atoms with E-state index in [0.29, 0.717) is 13.0 Å². The first-order chi connectivity index (χ1) is 12.5. The van der Waals surface area contributed by atoms with Gasteiger partial charge in [-0.05, 0) is 37.9 Å². The third kappa shape index (κ3) is 3.50. The number of carbonyl (C=O) groups excluding carboxylic acids is 2. The van der Waals surface area contributed by atoms with E-state index >= 15 is 0 Å². The molecule has 2 heterocycles. The van der Waals surface area contributed by atoms with Crippen LogP contribution in [0.3, 0.4) is 0 Å². The van der Waals surface area contributed by atoms with Crippen LogP contribution >= 0.6 is 0 Å². The highest BCUT2D eigenvalue weighted by atomic mass is 16.2. The summed E-state index contributed by atoms with van der Waals surface area (Å²) in [6.07, 6.45) is 3.00. The summed E-state index contributed by atoms with van der Waals surface area (Å²) in [5, 5.41) is 0. The Balaban J connectivity index is 1.76. The molecular weight excluding hydrogens is 326 g/mol. The number of rotatable bonds is 4. The highest BCUT2D eigenvalue weighted by Gasteiger charge is 2.53. The number of benzene rings is 1. The molecule has 3 rings (SSSR count). The molecule has 26 heavy (non-hydrogen) atoms. The second kappa shape index (κ2) is 7.78. The number of hydrogen-bond donors (Lipinski definition) is 0. The van der Waals surface area contributed by atoms with Gasteiger partial charge in [0.05, 0.1) is 11.8 Å². The van der Waals surface area contributed by atoms with Crippen LogP contribution in [0.25, 0.3) is 0 Å². The molecule has 1 aromatic rings. The number of nitrogens with zero attached hydrogens (tertiary/aromatic N) is 3. The van der Waals surface area contributed by atoms with Gasteiger partial charge in [0.2, 0.25) is 11.8 Å². The van der Waals surface area contributed by atoms with Gasteiger partial charge in [-0.25, -0.2) is 0 Å². The Morgan fingerprint density at radius 3 is 2.46 bits per heavy atom. The fraction of sp³-hybridized carbons (Fsp3) is 0.619. The predicted molar refractivity (Wildman–Crippen MR) is 103 cm³/mol. The van der Waals surface area contributed by atoms with Gasteiger partial charge in [0, 0.05) is 33.2 Å². The smallest absolute Gasteiger partial charge is 0.229 e. The van der Waals surface area contributed by atoms with Crippen LogP contribution in [0.15, 0.2) is 30.3 Å². The highest BCUT2D eigenvalue weighted by molar-refractivity contribution is 5.84. The quantitative estimate of drug-likeness (QED) is 0.828. The molecule has 0 spiro atoms. The minimum absolute atomic E-state index is 0.173. The lowest BCUT2D eigenvalue weighted by Crippen LogP contribution is -2.49. The lowest BCUT2D eigenvalue weighted by atomic mass is 9.75. The van der Waals surface area contributed by atoms with Crippen molar-refractivity contribution in [1.82, 2.24) is 14.7 Å². The molecule has 5 nitrogen and oxygen atoms in total. The van der Waals surface area contributed by atoms with Gasteiger partial charge in [0.15, 0.2) is 0 Å². The Kier molecular flexibility index (Phi) is 5.66. The molecule has 2 aliphatic rings. The molecule has 0 saturated carbocycles. The van der Waals surface area contributed by atoms with Gasteiger partial charge in [-0.15, -0.1) is 0 Å². The van der Waals surface area contributed by atoms with E-state index in [-0.39, 0.29) is 23.3 Å². The van der Waals surface area contributed by atoms with Crippen molar-refractivity contribution in [2.24, 2.45) is 5.41 Å². The van der Waals surface area contributed by atoms with Gasteiger partial charge < -0.3 is 9.80 Å². The Bertz CT molecular complexity index is 646. The molecule has 2 aliphatic heterocycles. The Labute approximate surface area is 156 Å². The molecule has 0 aliphatic carbocycles. The first-order valence-electron chi connectivity index (χ1n) is 9.75. The van der Waals surface area contributed by atoms with Crippen molar-refractivity contribution in [3.05, 3.63) is 35.9 Å². The molecule has 2 atom stereocenters. The minimum Gasteiger partial charge on any atom is -0.348 e. The largest absolute Gasteiger partial charge is 0.348 e. The molecule has 1 aromatic carbocycles. The van der Waals surface area contributed by atoms with Crippen molar-refractivity contribution >= 4 is 11.8 Å². The van der Waals surface area contributed by atoms with Crippen LogP contribution in [-0.2, 0) is 16.0 Å². The lowest BCUT2D eigenvalue weighted by Gasteiger charge is -2.37. The van der Waals surface area contributed by atoms with Crippen LogP contribution < -0.4 is 0 Å². The summed E-state index contributed by atoms with van der Waals surface area (Å²) in [5.41, 5.74) is 0.720. The van der Waals surface area contributed by atoms with E-state index < -0.39 is 0 Å². The van der Waals surface area contributed by atoms with Crippen molar-refractivity contribution in [2.45, 2.75) is 38.6 Å². The lowest BCUT2D eigenvalue weighted by molar-refractivity contribution is -0.141. The first kappa shape index (κ1) is 18.9. The van der Waals surface area contributed by atoms with Crippen molar-refractivity contribution in [1.29, 1.82) is 0 Å². The number of carbonyl (C=O) groups is 2. The van der Waals surface area contributed by atoms with Gasteiger partial charge >= 0.3 is 0 Å². The van der Waals surface area contributed by atoms with Gasteiger partial charge in [-0.1, -0.05) is 37.3 Å². The zero-order valence-electron chi connectivity index (χ0n) is 16.3. The maximum atomic E-state index is 13.1. The number of amides is 2. The minimum atomic E-state index is -0.332. The van der Waals surface area contributed by atoms with Crippen molar-refractivity contribution in [3.8, 4) is 0 Å². The topological polar surface area (TPSA) is 43.9 Å². The van der Waals surface area contributed by atoms with Crippen LogP contribution in [0.1, 0.15) is 31.7 Å². The molecule has 2 amide bonds. The molecule has 2 saturated heterocycles. The van der Waals surface area contributed by atoms with Gasteiger partial charge in [0.25, 0.3) is 0 Å². The van der Waals surface area contributed by atoms with Crippen LogP contribution in [0.2, 0.25) is 0 Å². The molecule has 0 N–H and O–H groups in total. The van der Waals surface area contributed by atoms with Crippen molar-refractivity contribution in [3.63, 3.8) is 0 Å². The monoisotopic (exact) mass is 357 g/mol. The Morgan fingerprint density at radius 1 is 1.12 bits per heavy atom. The molecular formula is C21H31N3O2. The van der Waals surface area contributed by atoms with E-state index in [9.17, 15) is 9.59 Å². The predicted octanol–water partition coefficient (Wildman–Crippen LogP) is 2.02. The third-order valence-corrected chi connectivity index (χ3v) is 6.21. The zero-order valence-corrected chi connectivity index (χ0v) is 16.3. The average molecular weight is 357 g/mol. The van der Waals surface area contributed by atoms with Gasteiger partial charge in [-0.2, -0.15) is 0 Å². The summed E-state index contributed by atoms with van der Waals surface area (Å²) < 4.78 is 0. The van der Waals surface area contributed by atoms with Crippen LogP contribution in [0, 0.1) is 5.41 Å². The second-order valence-corrected chi connectivity index (χ2v) is 7.83. The fourth-order valence-electron chi connectivity index (χ4n) is 4.80. The van der Waals surface area contributed by atoms with Gasteiger partial charge in [0.1, 0.15) is 0 Å². The molecule has 0 radical (unpaired) electrons. The van der Waals surface area contributed by atoms with E-state index in [4.69, 9.17) is 0 Å². The summed E-state index contributed by atoms with van der Waals surface area (Å²) in [5.74, 6) is 0.405. The summed E-state index contributed by atoms with van der Waals surface area (Å²) in [4.78, 5) is 32.1. The van der Waals surface area contributed by atoms with E-state index in [1.165, 1.54) is 0 Å². The maximum Gasteiger partial charge on any atom is 0.229 e. The van der Waals surface area contributed by atoms with Crippen LogP contribution in [0.4, 0.5) is 0 Å². The molecule has 142 valence electrons. The third-order valence-electron chi connectivity index (χ3n) is 6.21. The highest BCUT2D eigenvalue weighted by Crippen LogP contribution is 2.44. The zero-order chi connectivity index (χ0) is 18.7. The number of hydrogen-bond acceptors (Lipinski definition) is 3. The summed E-state index contributed by atoms with van der Waals surface area (Å²) in [7, 11) is 3.71. The van der Waals surface area contributed by atoms with E-state index in [1.807, 2.05) is 49.3 Å². The fourth-order valence-corrected chi connectivity index (χ4v) is 4.80.